The zero-order valence-corrected chi connectivity index (χ0v) is 19.0. The van der Waals surface area contributed by atoms with Crippen LogP contribution in [0.1, 0.15) is 36.2 Å². The molecular formula is C25H27N7O2. The number of imidazole rings is 1. The van der Waals surface area contributed by atoms with E-state index in [1.54, 1.807) is 6.20 Å². The minimum absolute atomic E-state index is 0.171. The van der Waals surface area contributed by atoms with Crippen LogP contribution >= 0.6 is 0 Å². The lowest BCUT2D eigenvalue weighted by Crippen LogP contribution is -2.32. The Balaban J connectivity index is 1.19. The summed E-state index contributed by atoms with van der Waals surface area (Å²) in [6, 6.07) is 8.42. The molecule has 1 aliphatic carbocycles. The van der Waals surface area contributed by atoms with Crippen molar-refractivity contribution in [2.75, 3.05) is 25.0 Å². The number of anilines is 1. The van der Waals surface area contributed by atoms with E-state index in [2.05, 4.69) is 32.3 Å². The van der Waals surface area contributed by atoms with E-state index < -0.39 is 0 Å². The van der Waals surface area contributed by atoms with Crippen LogP contribution < -0.4 is 15.4 Å². The minimum atomic E-state index is 0.171. The third-order valence-corrected chi connectivity index (χ3v) is 7.22. The molecule has 4 aliphatic rings. The molecule has 3 aliphatic heterocycles. The normalized spacial score (nSPS) is 20.8. The van der Waals surface area contributed by atoms with Gasteiger partial charge in [0.05, 0.1) is 18.0 Å². The number of benzene rings is 1. The SMILES string of the molecule is O=C(C1CC1)N1CC[C@H](Nc2nccc(-n3c(-c4ccc5c(c4)CCO5)nc4c3CNC4)n2)C1. The largest absolute Gasteiger partial charge is 0.493 e. The number of nitrogens with zero attached hydrogens (tertiary/aromatic N) is 5. The Kier molecular flexibility index (Phi) is 4.58. The summed E-state index contributed by atoms with van der Waals surface area (Å²) in [5.41, 5.74) is 4.49. The highest BCUT2D eigenvalue weighted by Gasteiger charge is 2.36. The number of nitrogens with one attached hydrogen (secondary N) is 2. The van der Waals surface area contributed by atoms with Crippen molar-refractivity contribution < 1.29 is 9.53 Å². The summed E-state index contributed by atoms with van der Waals surface area (Å²) in [5, 5.41) is 6.87. The molecule has 1 amide bonds. The maximum absolute atomic E-state index is 12.4. The van der Waals surface area contributed by atoms with Gasteiger partial charge in [-0.1, -0.05) is 0 Å². The number of carbonyl (C=O) groups is 1. The quantitative estimate of drug-likeness (QED) is 0.607. The molecule has 5 heterocycles. The van der Waals surface area contributed by atoms with E-state index in [0.29, 0.717) is 11.9 Å². The lowest BCUT2D eigenvalue weighted by Gasteiger charge is -2.17. The highest BCUT2D eigenvalue weighted by molar-refractivity contribution is 5.81. The first-order valence-corrected chi connectivity index (χ1v) is 12.2. The fourth-order valence-corrected chi connectivity index (χ4v) is 5.28. The number of aromatic nitrogens is 4. The van der Waals surface area contributed by atoms with Crippen molar-refractivity contribution in [3.05, 3.63) is 47.4 Å². The van der Waals surface area contributed by atoms with Gasteiger partial charge in [-0.15, -0.1) is 0 Å². The van der Waals surface area contributed by atoms with Crippen molar-refractivity contribution in [3.8, 4) is 23.0 Å². The summed E-state index contributed by atoms with van der Waals surface area (Å²) in [6.45, 7) is 3.77. The van der Waals surface area contributed by atoms with Gasteiger partial charge in [0.1, 0.15) is 17.4 Å². The fourth-order valence-electron chi connectivity index (χ4n) is 5.28. The van der Waals surface area contributed by atoms with Gasteiger partial charge >= 0.3 is 0 Å². The van der Waals surface area contributed by atoms with E-state index >= 15 is 0 Å². The summed E-state index contributed by atoms with van der Waals surface area (Å²) in [6.07, 6.45) is 5.72. The van der Waals surface area contributed by atoms with Crippen LogP contribution in [0.3, 0.4) is 0 Å². The molecule has 0 radical (unpaired) electrons. The molecule has 0 bridgehead atoms. The van der Waals surface area contributed by atoms with Crippen LogP contribution in [0.25, 0.3) is 17.2 Å². The highest BCUT2D eigenvalue weighted by atomic mass is 16.5. The molecule has 1 saturated heterocycles. The second kappa shape index (κ2) is 7.80. The van der Waals surface area contributed by atoms with Crippen LogP contribution in [0, 0.1) is 5.92 Å². The number of ether oxygens (including phenoxy) is 1. The lowest BCUT2D eigenvalue weighted by molar-refractivity contribution is -0.131. The fraction of sp³-hybridized carbons (Fsp3) is 0.440. The molecule has 2 N–H and O–H groups in total. The zero-order chi connectivity index (χ0) is 22.6. The Morgan fingerprint density at radius 1 is 1.15 bits per heavy atom. The summed E-state index contributed by atoms with van der Waals surface area (Å²) < 4.78 is 7.84. The van der Waals surface area contributed by atoms with Gasteiger partial charge in [0.25, 0.3) is 0 Å². The van der Waals surface area contributed by atoms with Crippen LogP contribution in [-0.2, 0) is 24.3 Å². The first kappa shape index (κ1) is 20.0. The van der Waals surface area contributed by atoms with Gasteiger partial charge < -0.3 is 20.3 Å². The van der Waals surface area contributed by atoms with Crippen LogP contribution in [-0.4, -0.2) is 56.1 Å². The third-order valence-electron chi connectivity index (χ3n) is 7.22. The molecule has 34 heavy (non-hydrogen) atoms. The Bertz CT molecular complexity index is 1280. The van der Waals surface area contributed by atoms with Crippen molar-refractivity contribution in [3.63, 3.8) is 0 Å². The van der Waals surface area contributed by atoms with Gasteiger partial charge in [-0.2, -0.15) is 4.98 Å². The number of likely N-dealkylation sites (tertiary alicyclic amines) is 1. The Morgan fingerprint density at radius 3 is 3.00 bits per heavy atom. The predicted octanol–water partition coefficient (Wildman–Crippen LogP) is 2.29. The maximum Gasteiger partial charge on any atom is 0.225 e. The van der Waals surface area contributed by atoms with E-state index in [1.807, 2.05) is 17.0 Å². The van der Waals surface area contributed by atoms with Gasteiger partial charge in [-0.25, -0.2) is 9.97 Å². The van der Waals surface area contributed by atoms with Gasteiger partial charge in [0.15, 0.2) is 0 Å². The summed E-state index contributed by atoms with van der Waals surface area (Å²) >= 11 is 0. The van der Waals surface area contributed by atoms with Crippen molar-refractivity contribution in [1.29, 1.82) is 0 Å². The number of hydrogen-bond acceptors (Lipinski definition) is 7. The highest BCUT2D eigenvalue weighted by Crippen LogP contribution is 2.34. The molecule has 9 nitrogen and oxygen atoms in total. The molecular weight excluding hydrogens is 430 g/mol. The zero-order valence-electron chi connectivity index (χ0n) is 19.0. The first-order valence-electron chi connectivity index (χ1n) is 12.2. The lowest BCUT2D eigenvalue weighted by atomic mass is 10.1. The van der Waals surface area contributed by atoms with E-state index in [1.165, 1.54) is 5.56 Å². The Labute approximate surface area is 197 Å². The summed E-state index contributed by atoms with van der Waals surface area (Å²) in [4.78, 5) is 28.7. The topological polar surface area (TPSA) is 97.2 Å². The smallest absolute Gasteiger partial charge is 0.225 e. The molecule has 7 rings (SSSR count). The minimum Gasteiger partial charge on any atom is -0.493 e. The average Bonchev–Trinajstić information content (AvgIpc) is 3.21. The van der Waals surface area contributed by atoms with Crippen molar-refractivity contribution >= 4 is 11.9 Å². The van der Waals surface area contributed by atoms with Crippen molar-refractivity contribution in [2.24, 2.45) is 5.92 Å². The molecule has 2 fully saturated rings. The number of fused-ring (bicyclic) bond motifs is 2. The van der Waals surface area contributed by atoms with Gasteiger partial charge in [0, 0.05) is 56.3 Å². The number of amides is 1. The Hall–Kier alpha value is -3.46. The number of rotatable bonds is 5. The van der Waals surface area contributed by atoms with Gasteiger partial charge in [0.2, 0.25) is 11.9 Å². The molecule has 174 valence electrons. The second-order valence-corrected chi connectivity index (χ2v) is 9.62. The molecule has 1 saturated carbocycles. The second-order valence-electron chi connectivity index (χ2n) is 9.62. The molecule has 0 unspecified atom stereocenters. The van der Waals surface area contributed by atoms with E-state index in [-0.39, 0.29) is 12.0 Å². The van der Waals surface area contributed by atoms with E-state index in [0.717, 1.165) is 92.8 Å². The Morgan fingerprint density at radius 2 is 2.09 bits per heavy atom. The van der Waals surface area contributed by atoms with Crippen LogP contribution in [0.5, 0.6) is 5.75 Å². The van der Waals surface area contributed by atoms with Crippen LogP contribution in [0.2, 0.25) is 0 Å². The average molecular weight is 458 g/mol. The van der Waals surface area contributed by atoms with Gasteiger partial charge in [-0.3, -0.25) is 9.36 Å². The van der Waals surface area contributed by atoms with Gasteiger partial charge in [-0.05, 0) is 49.1 Å². The predicted molar refractivity (Wildman–Crippen MR) is 126 cm³/mol. The van der Waals surface area contributed by atoms with Crippen molar-refractivity contribution in [1.82, 2.24) is 29.7 Å². The number of carbonyl (C=O) groups excluding carboxylic acids is 1. The molecule has 2 aromatic heterocycles. The van der Waals surface area contributed by atoms with E-state index in [9.17, 15) is 4.79 Å². The third kappa shape index (κ3) is 3.42. The molecule has 1 atom stereocenters. The van der Waals surface area contributed by atoms with Crippen molar-refractivity contribution in [2.45, 2.75) is 44.8 Å². The number of hydrogen-bond donors (Lipinski definition) is 2. The maximum atomic E-state index is 12.4. The van der Waals surface area contributed by atoms with Crippen LogP contribution in [0.15, 0.2) is 30.5 Å². The first-order chi connectivity index (χ1) is 16.7. The molecule has 1 aromatic carbocycles. The molecule has 3 aromatic rings. The van der Waals surface area contributed by atoms with E-state index in [4.69, 9.17) is 14.7 Å². The standard InChI is InChI=1S/C25H27N7O2/c33-24(15-1-2-15)31-9-6-18(14-31)28-25-27-8-5-22(30-25)32-20-13-26-12-19(20)29-23(32)17-3-4-21-16(11-17)7-10-34-21/h3-5,8,11,15,18,26H,1-2,6-7,9-10,12-14H2,(H,27,28,30)/t18-/m0/s1. The summed E-state index contributed by atoms with van der Waals surface area (Å²) in [5.74, 6) is 3.82. The summed E-state index contributed by atoms with van der Waals surface area (Å²) in [7, 11) is 0. The monoisotopic (exact) mass is 457 g/mol. The molecule has 9 heteroatoms. The van der Waals surface area contributed by atoms with Crippen LogP contribution in [0.4, 0.5) is 5.95 Å². The molecule has 0 spiro atoms.